The molecule has 0 radical (unpaired) electrons. The molecule has 4 aliphatic rings. The van der Waals surface area contributed by atoms with E-state index in [0.717, 1.165) is 115 Å². The summed E-state index contributed by atoms with van der Waals surface area (Å²) >= 11 is 0. The molecule has 4 fully saturated rings. The molecule has 0 aromatic carbocycles. The number of hydrogen-bond acceptors (Lipinski definition) is 6. The molecule has 1 spiro atoms. The second-order valence-electron chi connectivity index (χ2n) is 13.7. The van der Waals surface area contributed by atoms with Gasteiger partial charge in [0.2, 0.25) is 5.91 Å². The highest BCUT2D eigenvalue weighted by Gasteiger charge is 2.49. The molecule has 0 unspecified atom stereocenters. The van der Waals surface area contributed by atoms with Gasteiger partial charge in [-0.1, -0.05) is 19.8 Å². The summed E-state index contributed by atoms with van der Waals surface area (Å²) in [6.45, 7) is 14.6. The van der Waals surface area contributed by atoms with E-state index in [1.165, 1.54) is 25.6 Å². The van der Waals surface area contributed by atoms with Gasteiger partial charge in [-0.2, -0.15) is 0 Å². The first kappa shape index (κ1) is 31.4. The van der Waals surface area contributed by atoms with Crippen LogP contribution in [0.25, 0.3) is 0 Å². The predicted molar refractivity (Wildman–Crippen MR) is 165 cm³/mol. The lowest BCUT2D eigenvalue weighted by Gasteiger charge is -2.53. The summed E-state index contributed by atoms with van der Waals surface area (Å²) in [5, 5.41) is 0. The van der Waals surface area contributed by atoms with Gasteiger partial charge in [0.05, 0.1) is 23.1 Å². The maximum absolute atomic E-state index is 14.0. The number of rotatable bonds is 9. The zero-order valence-electron chi connectivity index (χ0n) is 26.8. The molecular weight excluding hydrogens is 526 g/mol. The van der Waals surface area contributed by atoms with E-state index < -0.39 is 0 Å². The molecule has 1 aromatic heterocycles. The smallest absolute Gasteiger partial charge is 0.257 e. The predicted octanol–water partition coefficient (Wildman–Crippen LogP) is 5.41. The molecule has 1 saturated carbocycles. The number of ether oxygens (including phenoxy) is 1. The second kappa shape index (κ2) is 14.1. The molecular formula is C34H55N5O3. The molecule has 42 heavy (non-hydrogen) atoms. The molecule has 8 heteroatoms. The third kappa shape index (κ3) is 6.85. The molecule has 3 saturated heterocycles. The zero-order valence-corrected chi connectivity index (χ0v) is 26.8. The Labute approximate surface area is 254 Å². The van der Waals surface area contributed by atoms with Crippen LogP contribution in [0.2, 0.25) is 0 Å². The van der Waals surface area contributed by atoms with Gasteiger partial charge in [-0.05, 0) is 109 Å². The van der Waals surface area contributed by atoms with Crippen LogP contribution in [-0.2, 0) is 9.53 Å². The second-order valence-corrected chi connectivity index (χ2v) is 13.7. The van der Waals surface area contributed by atoms with Crippen molar-refractivity contribution in [2.24, 2.45) is 17.3 Å². The van der Waals surface area contributed by atoms with E-state index in [2.05, 4.69) is 33.6 Å². The van der Waals surface area contributed by atoms with Gasteiger partial charge in [-0.25, -0.2) is 9.97 Å². The molecule has 8 nitrogen and oxygen atoms in total. The van der Waals surface area contributed by atoms with Crippen LogP contribution in [0.1, 0.15) is 113 Å². The van der Waals surface area contributed by atoms with Crippen LogP contribution in [-0.4, -0.2) is 94.5 Å². The zero-order chi connectivity index (χ0) is 29.7. The monoisotopic (exact) mass is 581 g/mol. The number of aryl methyl sites for hydroxylation is 2. The average Bonchev–Trinajstić information content (AvgIpc) is 3.00. The molecule has 0 N–H and O–H groups in total. The highest BCUT2D eigenvalue weighted by Crippen LogP contribution is 2.48. The molecule has 2 amide bonds. The average molecular weight is 582 g/mol. The minimum atomic E-state index is 0.0769. The Morgan fingerprint density at radius 2 is 1.57 bits per heavy atom. The van der Waals surface area contributed by atoms with Gasteiger partial charge in [0.15, 0.2) is 0 Å². The van der Waals surface area contributed by atoms with Crippen molar-refractivity contribution >= 4 is 11.8 Å². The van der Waals surface area contributed by atoms with E-state index in [0.29, 0.717) is 29.5 Å². The number of piperidine rings is 3. The maximum Gasteiger partial charge on any atom is 0.257 e. The molecule has 0 bridgehead atoms. The van der Waals surface area contributed by atoms with E-state index in [1.54, 1.807) is 0 Å². The van der Waals surface area contributed by atoms with E-state index in [-0.39, 0.29) is 17.2 Å². The summed E-state index contributed by atoms with van der Waals surface area (Å²) in [5.74, 6) is 1.35. The highest BCUT2D eigenvalue weighted by molar-refractivity contribution is 5.96. The van der Waals surface area contributed by atoms with Crippen molar-refractivity contribution in [2.75, 3.05) is 45.9 Å². The number of amides is 2. The fourth-order valence-corrected chi connectivity index (χ4v) is 8.60. The fourth-order valence-electron chi connectivity index (χ4n) is 8.60. The van der Waals surface area contributed by atoms with Crippen LogP contribution in [0.3, 0.4) is 0 Å². The van der Waals surface area contributed by atoms with Crippen LogP contribution < -0.4 is 0 Å². The Kier molecular flexibility index (Phi) is 10.6. The molecule has 4 heterocycles. The summed E-state index contributed by atoms with van der Waals surface area (Å²) in [6, 6.07) is 0.525. The van der Waals surface area contributed by atoms with Crippen LogP contribution in [0.15, 0.2) is 6.33 Å². The van der Waals surface area contributed by atoms with Crippen molar-refractivity contribution < 1.29 is 14.3 Å². The fraction of sp³-hybridized carbons (Fsp3) is 0.824. The standard InChI is InChI=1S/C34H55N5O3/c1-5-7-8-30-32(40)39(23-27-9-11-29(12-10-27)42-6-2)22-17-34(30)15-20-37(21-16-34)28-13-18-38(19-14-28)33(41)31-25(3)35-24-36-26(31)4/h24,27-30H,5-23H2,1-4H3/t27?,29?,30-/m1/s1. The lowest BCUT2D eigenvalue weighted by Crippen LogP contribution is -2.57. The first-order valence-electron chi connectivity index (χ1n) is 17.1. The summed E-state index contributed by atoms with van der Waals surface area (Å²) in [4.78, 5) is 42.8. The first-order valence-corrected chi connectivity index (χ1v) is 17.1. The van der Waals surface area contributed by atoms with Gasteiger partial charge in [-0.15, -0.1) is 0 Å². The van der Waals surface area contributed by atoms with Crippen LogP contribution in [0.4, 0.5) is 0 Å². The number of likely N-dealkylation sites (tertiary alicyclic amines) is 3. The van der Waals surface area contributed by atoms with Crippen molar-refractivity contribution in [3.63, 3.8) is 0 Å². The Hall–Kier alpha value is -2.06. The van der Waals surface area contributed by atoms with Crippen molar-refractivity contribution in [3.05, 3.63) is 23.3 Å². The lowest BCUT2D eigenvalue weighted by molar-refractivity contribution is -0.151. The number of nitrogens with zero attached hydrogens (tertiary/aromatic N) is 5. The van der Waals surface area contributed by atoms with Gasteiger partial charge in [-0.3, -0.25) is 9.59 Å². The maximum atomic E-state index is 14.0. The van der Waals surface area contributed by atoms with E-state index >= 15 is 0 Å². The number of unbranched alkanes of at least 4 members (excludes halogenated alkanes) is 1. The van der Waals surface area contributed by atoms with Crippen molar-refractivity contribution in [1.82, 2.24) is 24.7 Å². The van der Waals surface area contributed by atoms with Crippen LogP contribution >= 0.6 is 0 Å². The number of carbonyl (C=O) groups excluding carboxylic acids is 2. The SMILES string of the molecule is CCCC[C@@H]1C(=O)N(CC2CCC(OCC)CC2)CCC12CCN(C1CCN(C(=O)c3c(C)ncnc3C)CC1)CC2. The van der Waals surface area contributed by atoms with Crippen LogP contribution in [0, 0.1) is 31.1 Å². The van der Waals surface area contributed by atoms with Crippen molar-refractivity contribution in [3.8, 4) is 0 Å². The summed E-state index contributed by atoms with van der Waals surface area (Å²) in [5.41, 5.74) is 2.37. The van der Waals surface area contributed by atoms with Gasteiger partial charge in [0.1, 0.15) is 6.33 Å². The van der Waals surface area contributed by atoms with Gasteiger partial charge in [0, 0.05) is 44.7 Å². The van der Waals surface area contributed by atoms with Crippen molar-refractivity contribution in [1.29, 1.82) is 0 Å². The molecule has 1 atom stereocenters. The lowest BCUT2D eigenvalue weighted by atomic mass is 9.62. The van der Waals surface area contributed by atoms with Crippen molar-refractivity contribution in [2.45, 2.75) is 117 Å². The number of aromatic nitrogens is 2. The van der Waals surface area contributed by atoms with Gasteiger partial charge in [0.25, 0.3) is 5.91 Å². The van der Waals surface area contributed by atoms with Gasteiger partial charge < -0.3 is 19.4 Å². The van der Waals surface area contributed by atoms with E-state index in [4.69, 9.17) is 4.74 Å². The Balaban J connectivity index is 1.14. The third-order valence-corrected chi connectivity index (χ3v) is 11.3. The summed E-state index contributed by atoms with van der Waals surface area (Å²) < 4.78 is 5.87. The molecule has 1 aliphatic carbocycles. The Morgan fingerprint density at radius 3 is 2.19 bits per heavy atom. The van der Waals surface area contributed by atoms with Gasteiger partial charge >= 0.3 is 0 Å². The first-order chi connectivity index (χ1) is 20.3. The highest BCUT2D eigenvalue weighted by atomic mass is 16.5. The minimum Gasteiger partial charge on any atom is -0.379 e. The molecule has 5 rings (SSSR count). The Bertz CT molecular complexity index is 1040. The topological polar surface area (TPSA) is 78.9 Å². The largest absolute Gasteiger partial charge is 0.379 e. The normalized spacial score (nSPS) is 27.5. The molecule has 3 aliphatic heterocycles. The third-order valence-electron chi connectivity index (χ3n) is 11.3. The summed E-state index contributed by atoms with van der Waals surface area (Å²) in [7, 11) is 0. The quantitative estimate of drug-likeness (QED) is 0.388. The number of carbonyl (C=O) groups is 2. The Morgan fingerprint density at radius 1 is 0.929 bits per heavy atom. The molecule has 1 aromatic rings. The summed E-state index contributed by atoms with van der Waals surface area (Å²) in [6.07, 6.45) is 15.5. The van der Waals surface area contributed by atoms with E-state index in [1.807, 2.05) is 18.7 Å². The number of hydrogen-bond donors (Lipinski definition) is 0. The minimum absolute atomic E-state index is 0.0769. The molecule has 234 valence electrons. The van der Waals surface area contributed by atoms with Crippen LogP contribution in [0.5, 0.6) is 0 Å². The van der Waals surface area contributed by atoms with E-state index in [9.17, 15) is 9.59 Å².